The van der Waals surface area contributed by atoms with E-state index in [0.717, 1.165) is 32.7 Å². The third kappa shape index (κ3) is 10.3. The van der Waals surface area contributed by atoms with Crippen molar-refractivity contribution in [3.05, 3.63) is 0 Å². The smallest absolute Gasteiger partial charge is 0.0597 e. The topological polar surface area (TPSA) is 24.5 Å². The van der Waals surface area contributed by atoms with Crippen molar-refractivity contribution in [1.82, 2.24) is 10.2 Å². The van der Waals surface area contributed by atoms with Gasteiger partial charge in [0.05, 0.1) is 12.7 Å². The van der Waals surface area contributed by atoms with Crippen LogP contribution in [0.4, 0.5) is 0 Å². The maximum Gasteiger partial charge on any atom is 0.0597 e. The van der Waals surface area contributed by atoms with Gasteiger partial charge in [-0.3, -0.25) is 4.90 Å². The molecule has 0 spiro atoms. The Balaban J connectivity index is 3.58. The molecule has 0 heterocycles. The molecule has 1 N–H and O–H groups in total. The number of rotatable bonds is 12. The van der Waals surface area contributed by atoms with E-state index < -0.39 is 0 Å². The van der Waals surface area contributed by atoms with Crippen molar-refractivity contribution < 1.29 is 4.74 Å². The van der Waals surface area contributed by atoms with Crippen LogP contribution in [0.3, 0.4) is 0 Å². The molecule has 3 nitrogen and oxygen atoms in total. The monoisotopic (exact) mass is 272 g/mol. The van der Waals surface area contributed by atoms with Crippen molar-refractivity contribution in [2.45, 2.75) is 79.0 Å². The van der Waals surface area contributed by atoms with Crippen molar-refractivity contribution in [2.75, 3.05) is 26.2 Å². The molecule has 0 aliphatic heterocycles. The van der Waals surface area contributed by atoms with Gasteiger partial charge in [-0.15, -0.1) is 0 Å². The molecule has 3 heteroatoms. The molecule has 0 aromatic carbocycles. The summed E-state index contributed by atoms with van der Waals surface area (Å²) in [5, 5.41) is 3.43. The van der Waals surface area contributed by atoms with Crippen LogP contribution >= 0.6 is 0 Å². The standard InChI is InChI=1S/C16H36N2O/c1-7-10-17-11-8-9-16(6)19-13-12-18(14(2)3)15(4)5/h14-17H,7-13H2,1-6H3. The molecule has 0 aliphatic rings. The quantitative estimate of drug-likeness (QED) is 0.552. The summed E-state index contributed by atoms with van der Waals surface area (Å²) in [7, 11) is 0. The summed E-state index contributed by atoms with van der Waals surface area (Å²) in [6.45, 7) is 17.5. The van der Waals surface area contributed by atoms with Gasteiger partial charge in [-0.25, -0.2) is 0 Å². The lowest BCUT2D eigenvalue weighted by atomic mass is 10.2. The normalized spacial score (nSPS) is 13.7. The van der Waals surface area contributed by atoms with Gasteiger partial charge in [-0.1, -0.05) is 6.92 Å². The van der Waals surface area contributed by atoms with Crippen LogP contribution in [-0.2, 0) is 4.74 Å². The first-order chi connectivity index (χ1) is 8.99. The van der Waals surface area contributed by atoms with Gasteiger partial charge in [0.1, 0.15) is 0 Å². The van der Waals surface area contributed by atoms with Crippen LogP contribution in [0.15, 0.2) is 0 Å². The van der Waals surface area contributed by atoms with E-state index in [1.807, 2.05) is 0 Å². The van der Waals surface area contributed by atoms with Crippen LogP contribution < -0.4 is 5.32 Å². The van der Waals surface area contributed by atoms with Gasteiger partial charge < -0.3 is 10.1 Å². The Bertz CT molecular complexity index is 187. The minimum Gasteiger partial charge on any atom is -0.377 e. The number of hydrogen-bond donors (Lipinski definition) is 1. The SMILES string of the molecule is CCCNCCCC(C)OCCN(C(C)C)C(C)C. The minimum atomic E-state index is 0.379. The fourth-order valence-electron chi connectivity index (χ4n) is 2.37. The second-order valence-corrected chi connectivity index (χ2v) is 6.00. The molecule has 0 bridgehead atoms. The summed E-state index contributed by atoms with van der Waals surface area (Å²) in [6, 6.07) is 1.19. The molecule has 0 amide bonds. The summed E-state index contributed by atoms with van der Waals surface area (Å²) in [5.41, 5.74) is 0. The van der Waals surface area contributed by atoms with Crippen LogP contribution in [0.2, 0.25) is 0 Å². The van der Waals surface area contributed by atoms with Crippen molar-refractivity contribution in [3.8, 4) is 0 Å². The summed E-state index contributed by atoms with van der Waals surface area (Å²) < 4.78 is 5.91. The molecule has 0 aromatic rings. The largest absolute Gasteiger partial charge is 0.377 e. The van der Waals surface area contributed by atoms with E-state index in [9.17, 15) is 0 Å². The molecule has 1 unspecified atom stereocenters. The van der Waals surface area contributed by atoms with Crippen molar-refractivity contribution in [3.63, 3.8) is 0 Å². The van der Waals surface area contributed by atoms with Crippen LogP contribution in [-0.4, -0.2) is 49.3 Å². The van der Waals surface area contributed by atoms with E-state index in [0.29, 0.717) is 18.2 Å². The second-order valence-electron chi connectivity index (χ2n) is 6.00. The van der Waals surface area contributed by atoms with E-state index in [1.165, 1.54) is 12.8 Å². The fourth-order valence-corrected chi connectivity index (χ4v) is 2.37. The highest BCUT2D eigenvalue weighted by Gasteiger charge is 2.13. The van der Waals surface area contributed by atoms with E-state index in [2.05, 4.69) is 51.8 Å². The Morgan fingerprint density at radius 1 is 1.00 bits per heavy atom. The van der Waals surface area contributed by atoms with E-state index >= 15 is 0 Å². The van der Waals surface area contributed by atoms with Gasteiger partial charge in [-0.05, 0) is 67.0 Å². The van der Waals surface area contributed by atoms with Gasteiger partial charge in [0, 0.05) is 18.6 Å². The van der Waals surface area contributed by atoms with Crippen molar-refractivity contribution in [2.24, 2.45) is 0 Å². The van der Waals surface area contributed by atoms with E-state index in [-0.39, 0.29) is 0 Å². The fraction of sp³-hybridized carbons (Fsp3) is 1.00. The number of nitrogens with one attached hydrogen (secondary N) is 1. The first-order valence-electron chi connectivity index (χ1n) is 8.07. The zero-order valence-corrected chi connectivity index (χ0v) is 14.0. The predicted molar refractivity (Wildman–Crippen MR) is 84.8 cm³/mol. The molecule has 0 rings (SSSR count). The lowest BCUT2D eigenvalue weighted by Gasteiger charge is -2.30. The Morgan fingerprint density at radius 3 is 2.16 bits per heavy atom. The van der Waals surface area contributed by atoms with E-state index in [4.69, 9.17) is 4.74 Å². The lowest BCUT2D eigenvalue weighted by molar-refractivity contribution is 0.0299. The van der Waals surface area contributed by atoms with Gasteiger partial charge in [-0.2, -0.15) is 0 Å². The highest BCUT2D eigenvalue weighted by molar-refractivity contribution is 4.67. The minimum absolute atomic E-state index is 0.379. The van der Waals surface area contributed by atoms with Crippen molar-refractivity contribution in [1.29, 1.82) is 0 Å². The van der Waals surface area contributed by atoms with Gasteiger partial charge in [0.25, 0.3) is 0 Å². The number of ether oxygens (including phenoxy) is 1. The van der Waals surface area contributed by atoms with E-state index in [1.54, 1.807) is 0 Å². The van der Waals surface area contributed by atoms with Gasteiger partial charge in [0.2, 0.25) is 0 Å². The Morgan fingerprint density at radius 2 is 1.63 bits per heavy atom. The van der Waals surface area contributed by atoms with Gasteiger partial charge >= 0.3 is 0 Å². The summed E-state index contributed by atoms with van der Waals surface area (Å²) >= 11 is 0. The molecule has 116 valence electrons. The highest BCUT2D eigenvalue weighted by atomic mass is 16.5. The average molecular weight is 272 g/mol. The molecule has 0 aliphatic carbocycles. The Hall–Kier alpha value is -0.120. The third-order valence-electron chi connectivity index (χ3n) is 3.47. The maximum atomic E-state index is 5.91. The summed E-state index contributed by atoms with van der Waals surface area (Å²) in [5.74, 6) is 0. The summed E-state index contributed by atoms with van der Waals surface area (Å²) in [4.78, 5) is 2.48. The second kappa shape index (κ2) is 11.7. The number of hydrogen-bond acceptors (Lipinski definition) is 3. The zero-order chi connectivity index (χ0) is 14.7. The highest BCUT2D eigenvalue weighted by Crippen LogP contribution is 2.06. The molecular formula is C16H36N2O. The molecule has 19 heavy (non-hydrogen) atoms. The molecule has 0 aromatic heterocycles. The van der Waals surface area contributed by atoms with Gasteiger partial charge in [0.15, 0.2) is 0 Å². The molecule has 0 saturated heterocycles. The first kappa shape index (κ1) is 18.9. The molecular weight excluding hydrogens is 236 g/mol. The Labute approximate surface area is 121 Å². The van der Waals surface area contributed by atoms with Crippen LogP contribution in [0.25, 0.3) is 0 Å². The first-order valence-corrected chi connectivity index (χ1v) is 8.07. The maximum absolute atomic E-state index is 5.91. The Kier molecular flexibility index (Phi) is 11.6. The van der Waals surface area contributed by atoms with Crippen LogP contribution in [0.5, 0.6) is 0 Å². The molecule has 0 saturated carbocycles. The average Bonchev–Trinajstić information content (AvgIpc) is 2.33. The molecule has 1 atom stereocenters. The zero-order valence-electron chi connectivity index (χ0n) is 14.0. The lowest BCUT2D eigenvalue weighted by Crippen LogP contribution is -2.39. The summed E-state index contributed by atoms with van der Waals surface area (Å²) in [6.07, 6.45) is 3.95. The number of nitrogens with zero attached hydrogens (tertiary/aromatic N) is 1. The third-order valence-corrected chi connectivity index (χ3v) is 3.47. The van der Waals surface area contributed by atoms with Crippen LogP contribution in [0, 0.1) is 0 Å². The van der Waals surface area contributed by atoms with Crippen LogP contribution in [0.1, 0.15) is 60.8 Å². The predicted octanol–water partition coefficient (Wildman–Crippen LogP) is 3.29. The molecule has 0 radical (unpaired) electrons. The molecule has 0 fully saturated rings. The van der Waals surface area contributed by atoms with Crippen molar-refractivity contribution >= 4 is 0 Å².